The number of carbonyl (C=O) groups excluding carboxylic acids is 3. The quantitative estimate of drug-likeness (QED) is 0.713. The highest BCUT2D eigenvalue weighted by molar-refractivity contribution is 5.95. The first-order valence-electron chi connectivity index (χ1n) is 8.19. The fourth-order valence-corrected chi connectivity index (χ4v) is 2.57. The minimum Gasteiger partial charge on any atom is -0.463 e. The second-order valence-corrected chi connectivity index (χ2v) is 5.64. The van der Waals surface area contributed by atoms with Crippen LogP contribution in [0, 0.1) is 0 Å². The van der Waals surface area contributed by atoms with E-state index in [4.69, 9.17) is 14.2 Å². The van der Waals surface area contributed by atoms with Crippen molar-refractivity contribution in [3.63, 3.8) is 0 Å². The van der Waals surface area contributed by atoms with Gasteiger partial charge >= 0.3 is 18.0 Å². The molecule has 2 rings (SSSR count). The van der Waals surface area contributed by atoms with E-state index >= 15 is 0 Å². The number of ether oxygens (including phenoxy) is 3. The predicted molar refractivity (Wildman–Crippen MR) is 92.2 cm³/mol. The molecule has 2 N–H and O–H groups in total. The molecule has 1 atom stereocenters. The Hall–Kier alpha value is -2.87. The third-order valence-electron chi connectivity index (χ3n) is 3.69. The fraction of sp³-hybridized carbons (Fsp3) is 0.389. The molecule has 8 heteroatoms. The first kappa shape index (κ1) is 19.5. The summed E-state index contributed by atoms with van der Waals surface area (Å²) in [7, 11) is 1.56. The number of esters is 2. The van der Waals surface area contributed by atoms with Crippen molar-refractivity contribution in [3.05, 3.63) is 46.7 Å². The molecule has 0 saturated heterocycles. The molecule has 140 valence electrons. The number of methoxy groups -OCH3 is 1. The average Bonchev–Trinajstić information content (AvgIpc) is 2.59. The highest BCUT2D eigenvalue weighted by Gasteiger charge is 2.30. The Morgan fingerprint density at radius 3 is 2.62 bits per heavy atom. The second-order valence-electron chi connectivity index (χ2n) is 5.64. The van der Waals surface area contributed by atoms with E-state index in [1.54, 1.807) is 39.2 Å². The Kier molecular flexibility index (Phi) is 6.74. The Bertz CT molecular complexity index is 728. The van der Waals surface area contributed by atoms with Gasteiger partial charge in [0.2, 0.25) is 0 Å². The zero-order valence-electron chi connectivity index (χ0n) is 15.0. The average molecular weight is 362 g/mol. The first-order valence-corrected chi connectivity index (χ1v) is 8.19. The van der Waals surface area contributed by atoms with Crippen LogP contribution < -0.4 is 10.6 Å². The lowest BCUT2D eigenvalue weighted by Crippen LogP contribution is -2.50. The molecule has 1 aromatic carbocycles. The summed E-state index contributed by atoms with van der Waals surface area (Å²) in [6.07, 6.45) is 0. The van der Waals surface area contributed by atoms with Crippen LogP contribution in [0.15, 0.2) is 35.5 Å². The molecule has 0 aliphatic carbocycles. The molecule has 2 amide bonds. The fourth-order valence-electron chi connectivity index (χ4n) is 2.57. The number of amides is 2. The molecule has 0 fully saturated rings. The monoisotopic (exact) mass is 362 g/mol. The zero-order valence-corrected chi connectivity index (χ0v) is 15.0. The van der Waals surface area contributed by atoms with Crippen molar-refractivity contribution in [2.45, 2.75) is 26.5 Å². The third kappa shape index (κ3) is 4.82. The highest BCUT2D eigenvalue weighted by Crippen LogP contribution is 2.15. The minimum atomic E-state index is -0.570. The minimum absolute atomic E-state index is 0.197. The van der Waals surface area contributed by atoms with Crippen LogP contribution in [-0.4, -0.2) is 44.3 Å². The highest BCUT2D eigenvalue weighted by atomic mass is 16.5. The number of carbonyl (C=O) groups is 3. The van der Waals surface area contributed by atoms with E-state index in [9.17, 15) is 14.4 Å². The molecule has 0 bridgehead atoms. The van der Waals surface area contributed by atoms with Crippen molar-refractivity contribution in [1.82, 2.24) is 10.6 Å². The normalized spacial score (nSPS) is 16.6. The number of rotatable bonds is 7. The summed E-state index contributed by atoms with van der Waals surface area (Å²) < 4.78 is 15.3. The number of hydrogen-bond donors (Lipinski definition) is 2. The van der Waals surface area contributed by atoms with E-state index in [0.29, 0.717) is 12.2 Å². The smallest absolute Gasteiger partial charge is 0.338 e. The molecule has 1 aromatic rings. The largest absolute Gasteiger partial charge is 0.463 e. The van der Waals surface area contributed by atoms with Crippen LogP contribution in [-0.2, 0) is 25.6 Å². The van der Waals surface area contributed by atoms with Crippen molar-refractivity contribution in [3.8, 4) is 0 Å². The van der Waals surface area contributed by atoms with Crippen molar-refractivity contribution in [1.29, 1.82) is 0 Å². The summed E-state index contributed by atoms with van der Waals surface area (Å²) in [6, 6.07) is 5.81. The van der Waals surface area contributed by atoms with Gasteiger partial charge in [-0.25, -0.2) is 14.4 Å². The molecule has 1 heterocycles. The molecular weight excluding hydrogens is 340 g/mol. The standard InChI is InChI=1S/C18H22N2O6/c1-4-25-17(22)15-11(2)19-18(23)20-14(15)10-26-16(21)13-7-5-6-12(8-13)9-24-3/h5-8,11H,4,9-10H2,1-3H3,(H2,19,20,23)/t11-/m1/s1. The van der Waals surface area contributed by atoms with Crippen LogP contribution in [0.2, 0.25) is 0 Å². The van der Waals surface area contributed by atoms with Crippen molar-refractivity contribution in [2.75, 3.05) is 20.3 Å². The summed E-state index contributed by atoms with van der Waals surface area (Å²) in [5.41, 5.74) is 1.62. The van der Waals surface area contributed by atoms with E-state index in [-0.39, 0.29) is 24.5 Å². The molecule has 8 nitrogen and oxygen atoms in total. The van der Waals surface area contributed by atoms with Gasteiger partial charge in [0.25, 0.3) is 0 Å². The SMILES string of the molecule is CCOC(=O)C1=C(COC(=O)c2cccc(COC)c2)NC(=O)N[C@@H]1C. The Morgan fingerprint density at radius 2 is 1.92 bits per heavy atom. The molecular formula is C18H22N2O6. The van der Waals surface area contributed by atoms with Gasteiger partial charge in [-0.15, -0.1) is 0 Å². The molecule has 0 unspecified atom stereocenters. The van der Waals surface area contributed by atoms with Gasteiger partial charge in [0, 0.05) is 7.11 Å². The summed E-state index contributed by atoms with van der Waals surface area (Å²) in [5, 5.41) is 5.08. The zero-order chi connectivity index (χ0) is 19.1. The number of benzene rings is 1. The van der Waals surface area contributed by atoms with Crippen molar-refractivity contribution in [2.24, 2.45) is 0 Å². The van der Waals surface area contributed by atoms with E-state index in [1.165, 1.54) is 0 Å². The van der Waals surface area contributed by atoms with Gasteiger partial charge in [-0.05, 0) is 31.5 Å². The van der Waals surface area contributed by atoms with Crippen molar-refractivity contribution >= 4 is 18.0 Å². The molecule has 1 aliphatic rings. The number of urea groups is 1. The lowest BCUT2D eigenvalue weighted by Gasteiger charge is -2.26. The van der Waals surface area contributed by atoms with Gasteiger partial charge in [-0.1, -0.05) is 12.1 Å². The summed E-state index contributed by atoms with van der Waals surface area (Å²) in [5.74, 6) is -1.14. The molecule has 26 heavy (non-hydrogen) atoms. The Labute approximate surface area is 151 Å². The van der Waals surface area contributed by atoms with Gasteiger partial charge < -0.3 is 24.8 Å². The molecule has 0 saturated carbocycles. The van der Waals surface area contributed by atoms with E-state index in [2.05, 4.69) is 10.6 Å². The van der Waals surface area contributed by atoms with E-state index < -0.39 is 24.0 Å². The lowest BCUT2D eigenvalue weighted by molar-refractivity contribution is -0.139. The van der Waals surface area contributed by atoms with Crippen molar-refractivity contribution < 1.29 is 28.6 Å². The third-order valence-corrected chi connectivity index (χ3v) is 3.69. The molecule has 1 aliphatic heterocycles. The lowest BCUT2D eigenvalue weighted by atomic mass is 10.0. The maximum Gasteiger partial charge on any atom is 0.338 e. The molecule has 0 radical (unpaired) electrons. The van der Waals surface area contributed by atoms with Crippen LogP contribution in [0.25, 0.3) is 0 Å². The van der Waals surface area contributed by atoms with Crippen LogP contribution >= 0.6 is 0 Å². The molecule has 0 spiro atoms. The van der Waals surface area contributed by atoms with Crippen LogP contribution in [0.4, 0.5) is 4.79 Å². The van der Waals surface area contributed by atoms with E-state index in [1.807, 2.05) is 6.07 Å². The Morgan fingerprint density at radius 1 is 1.15 bits per heavy atom. The van der Waals surface area contributed by atoms with Gasteiger partial charge in [0.05, 0.1) is 36.1 Å². The maximum atomic E-state index is 12.3. The van der Waals surface area contributed by atoms with E-state index in [0.717, 1.165) is 5.56 Å². The Balaban J connectivity index is 2.14. The van der Waals surface area contributed by atoms with Gasteiger partial charge in [-0.2, -0.15) is 0 Å². The van der Waals surface area contributed by atoms with Crippen LogP contribution in [0.3, 0.4) is 0 Å². The second kappa shape index (κ2) is 9.00. The first-order chi connectivity index (χ1) is 12.5. The topological polar surface area (TPSA) is 103 Å². The van der Waals surface area contributed by atoms with Crippen LogP contribution in [0.5, 0.6) is 0 Å². The van der Waals surface area contributed by atoms with Gasteiger partial charge in [0.1, 0.15) is 6.61 Å². The van der Waals surface area contributed by atoms with Gasteiger partial charge in [0.15, 0.2) is 0 Å². The summed E-state index contributed by atoms with van der Waals surface area (Å²) in [4.78, 5) is 36.1. The summed E-state index contributed by atoms with van der Waals surface area (Å²) in [6.45, 7) is 3.66. The molecule has 0 aromatic heterocycles. The summed E-state index contributed by atoms with van der Waals surface area (Å²) >= 11 is 0. The van der Waals surface area contributed by atoms with Crippen LogP contribution in [0.1, 0.15) is 29.8 Å². The van der Waals surface area contributed by atoms with Gasteiger partial charge in [-0.3, -0.25) is 0 Å². The number of hydrogen-bond acceptors (Lipinski definition) is 6. The number of nitrogens with one attached hydrogen (secondary N) is 2. The maximum absolute atomic E-state index is 12.3. The predicted octanol–water partition coefficient (Wildman–Crippen LogP) is 1.51.